The summed E-state index contributed by atoms with van der Waals surface area (Å²) in [4.78, 5) is 11.0. The van der Waals surface area contributed by atoms with Crippen molar-refractivity contribution in [2.45, 2.75) is 0 Å². The van der Waals surface area contributed by atoms with E-state index >= 15 is 0 Å². The molecule has 7 heteroatoms. The van der Waals surface area contributed by atoms with E-state index in [1.165, 1.54) is 11.1 Å². The van der Waals surface area contributed by atoms with Gasteiger partial charge in [-0.25, -0.2) is 0 Å². The van der Waals surface area contributed by atoms with Crippen LogP contribution in [0.3, 0.4) is 0 Å². The second-order valence-corrected chi connectivity index (χ2v) is 2.88. The summed E-state index contributed by atoms with van der Waals surface area (Å²) in [7, 11) is 0. The average molecular weight is 300 g/mol. The molecular formula is C5H4Br2N2O3. The zero-order valence-corrected chi connectivity index (χ0v) is 8.82. The van der Waals surface area contributed by atoms with Gasteiger partial charge in [0, 0.05) is 6.08 Å². The van der Waals surface area contributed by atoms with E-state index in [0.29, 0.717) is 0 Å². The Balaban J connectivity index is 4.73. The molecule has 0 saturated carbocycles. The second kappa shape index (κ2) is 5.90. The molecule has 0 heterocycles. The molecule has 66 valence electrons. The highest BCUT2D eigenvalue weighted by Gasteiger charge is 2.06. The Morgan fingerprint density at radius 1 is 1.67 bits per heavy atom. The first-order valence-electron chi connectivity index (χ1n) is 2.62. The van der Waals surface area contributed by atoms with Gasteiger partial charge < -0.3 is 5.21 Å². The minimum Gasteiger partial charge on any atom is -0.410 e. The fraction of sp³-hybridized carbons (Fsp3) is 0. The topological polar surface area (TPSA) is 75.7 Å². The predicted octanol–water partition coefficient (Wildman–Crippen LogP) is 2.24. The summed E-state index contributed by atoms with van der Waals surface area (Å²) >= 11 is 5.67. The highest BCUT2D eigenvalue weighted by atomic mass is 79.9. The molecule has 0 aromatic heterocycles. The summed E-state index contributed by atoms with van der Waals surface area (Å²) in [6.07, 6.45) is 2.28. The number of hydrogen-bond acceptors (Lipinski definition) is 4. The first-order valence-corrected chi connectivity index (χ1v) is 4.33. The molecule has 12 heavy (non-hydrogen) atoms. The largest absolute Gasteiger partial charge is 0.410 e. The summed E-state index contributed by atoms with van der Waals surface area (Å²) < 4.78 is -0.0141. The molecule has 0 amide bonds. The zero-order valence-electron chi connectivity index (χ0n) is 5.65. The van der Waals surface area contributed by atoms with Crippen LogP contribution < -0.4 is 0 Å². The molecule has 0 fully saturated rings. The molecule has 0 aliphatic carbocycles. The Morgan fingerprint density at radius 2 is 2.25 bits per heavy atom. The maximum atomic E-state index is 10.2. The predicted molar refractivity (Wildman–Crippen MR) is 51.3 cm³/mol. The van der Waals surface area contributed by atoms with Crippen LogP contribution in [0.1, 0.15) is 0 Å². The van der Waals surface area contributed by atoms with Crippen LogP contribution in [-0.4, -0.2) is 14.8 Å². The Kier molecular flexibility index (Phi) is 5.56. The van der Waals surface area contributed by atoms with Gasteiger partial charge in [-0.1, -0.05) is 21.1 Å². The lowest BCUT2D eigenvalue weighted by Crippen LogP contribution is -1.97. The van der Waals surface area contributed by atoms with Crippen LogP contribution in [0.4, 0.5) is 0 Å². The van der Waals surface area contributed by atoms with Crippen molar-refractivity contribution in [2.75, 3.05) is 0 Å². The van der Waals surface area contributed by atoms with Gasteiger partial charge >= 0.3 is 0 Å². The molecule has 0 spiro atoms. The quantitative estimate of drug-likeness (QED) is 0.285. The SMILES string of the molecule is O=[N+]([O-])C(/C=C/Br)=C/C(Br)=NO. The van der Waals surface area contributed by atoms with E-state index in [1.807, 2.05) is 0 Å². The van der Waals surface area contributed by atoms with Crippen molar-refractivity contribution in [1.29, 1.82) is 0 Å². The van der Waals surface area contributed by atoms with Crippen molar-refractivity contribution in [3.05, 3.63) is 32.9 Å². The lowest BCUT2D eigenvalue weighted by atomic mass is 10.4. The number of allylic oxidation sites excluding steroid dienone is 2. The van der Waals surface area contributed by atoms with Crippen LogP contribution >= 0.6 is 31.9 Å². The first-order chi connectivity index (χ1) is 5.61. The summed E-state index contributed by atoms with van der Waals surface area (Å²) in [6.45, 7) is 0. The van der Waals surface area contributed by atoms with Crippen LogP contribution in [0.2, 0.25) is 0 Å². The van der Waals surface area contributed by atoms with E-state index in [9.17, 15) is 10.1 Å². The van der Waals surface area contributed by atoms with E-state index < -0.39 is 4.92 Å². The van der Waals surface area contributed by atoms with Gasteiger partial charge in [0.1, 0.15) is 0 Å². The van der Waals surface area contributed by atoms with Crippen LogP contribution in [0.25, 0.3) is 0 Å². The summed E-state index contributed by atoms with van der Waals surface area (Å²) in [5, 5.41) is 21.1. The van der Waals surface area contributed by atoms with Crippen molar-refractivity contribution in [1.82, 2.24) is 0 Å². The third kappa shape index (κ3) is 4.24. The third-order valence-electron chi connectivity index (χ3n) is 0.807. The van der Waals surface area contributed by atoms with Gasteiger partial charge in [-0.15, -0.1) is 0 Å². The van der Waals surface area contributed by atoms with Gasteiger partial charge in [-0.05, 0) is 20.9 Å². The molecular weight excluding hydrogens is 296 g/mol. The maximum absolute atomic E-state index is 10.2. The van der Waals surface area contributed by atoms with Crippen LogP contribution in [0.15, 0.2) is 28.0 Å². The molecule has 0 unspecified atom stereocenters. The van der Waals surface area contributed by atoms with Crippen LogP contribution in [-0.2, 0) is 0 Å². The first kappa shape index (κ1) is 11.3. The van der Waals surface area contributed by atoms with Crippen molar-refractivity contribution >= 4 is 36.5 Å². The molecule has 1 N–H and O–H groups in total. The van der Waals surface area contributed by atoms with Crippen LogP contribution in [0, 0.1) is 10.1 Å². The van der Waals surface area contributed by atoms with E-state index in [-0.39, 0.29) is 10.3 Å². The molecule has 0 aromatic carbocycles. The van der Waals surface area contributed by atoms with Gasteiger partial charge in [0.2, 0.25) is 0 Å². The highest BCUT2D eigenvalue weighted by molar-refractivity contribution is 9.18. The Hall–Kier alpha value is -0.690. The van der Waals surface area contributed by atoms with Gasteiger partial charge in [-0.2, -0.15) is 0 Å². The average Bonchev–Trinajstić information content (AvgIpc) is 2.03. The summed E-state index contributed by atoms with van der Waals surface area (Å²) in [6, 6.07) is 0. The molecule has 0 aromatic rings. The van der Waals surface area contributed by atoms with Gasteiger partial charge in [0.15, 0.2) is 4.62 Å². The van der Waals surface area contributed by atoms with Crippen molar-refractivity contribution in [3.8, 4) is 0 Å². The van der Waals surface area contributed by atoms with Crippen molar-refractivity contribution in [2.24, 2.45) is 5.16 Å². The molecule has 0 aliphatic heterocycles. The standard InChI is InChI=1S/C5H4Br2N2O3/c6-2-1-4(9(11)12)3-5(7)8-10/h1-3,10H/b2-1+,4-3+,8-5?. The monoisotopic (exact) mass is 298 g/mol. The zero-order chi connectivity index (χ0) is 9.56. The second-order valence-electron chi connectivity index (χ2n) is 1.54. The minimum atomic E-state index is -0.607. The Bertz CT molecular complexity index is 259. The molecule has 0 atom stereocenters. The fourth-order valence-electron chi connectivity index (χ4n) is 0.377. The van der Waals surface area contributed by atoms with Gasteiger partial charge in [0.25, 0.3) is 5.70 Å². The number of halogens is 2. The minimum absolute atomic E-state index is 0.0141. The highest BCUT2D eigenvalue weighted by Crippen LogP contribution is 2.03. The number of oxime groups is 1. The molecule has 0 rings (SSSR count). The van der Waals surface area contributed by atoms with E-state index in [0.717, 1.165) is 6.08 Å². The number of nitro groups is 1. The fourth-order valence-corrected chi connectivity index (χ4v) is 0.882. The van der Waals surface area contributed by atoms with E-state index in [1.54, 1.807) is 0 Å². The summed E-state index contributed by atoms with van der Waals surface area (Å²) in [5.74, 6) is 0. The lowest BCUT2D eigenvalue weighted by Gasteiger charge is -1.88. The molecule has 0 saturated heterocycles. The van der Waals surface area contributed by atoms with Crippen molar-refractivity contribution in [3.63, 3.8) is 0 Å². The summed E-state index contributed by atoms with van der Waals surface area (Å²) in [5.41, 5.74) is -0.198. The number of rotatable bonds is 3. The van der Waals surface area contributed by atoms with E-state index in [4.69, 9.17) is 5.21 Å². The Morgan fingerprint density at radius 3 is 2.58 bits per heavy atom. The maximum Gasteiger partial charge on any atom is 0.272 e. The van der Waals surface area contributed by atoms with Crippen molar-refractivity contribution < 1.29 is 10.1 Å². The Labute approximate surface area is 84.9 Å². The lowest BCUT2D eigenvalue weighted by molar-refractivity contribution is -0.418. The molecule has 0 bridgehead atoms. The molecule has 5 nitrogen and oxygen atoms in total. The smallest absolute Gasteiger partial charge is 0.272 e. The molecule has 0 radical (unpaired) electrons. The molecule has 0 aliphatic rings. The normalized spacial score (nSPS) is 13.8. The number of nitrogens with zero attached hydrogens (tertiary/aromatic N) is 2. The third-order valence-corrected chi connectivity index (χ3v) is 1.46. The van der Waals surface area contributed by atoms with Gasteiger partial charge in [-0.3, -0.25) is 10.1 Å². The number of hydrogen-bond donors (Lipinski definition) is 1. The van der Waals surface area contributed by atoms with Gasteiger partial charge in [0.05, 0.1) is 11.0 Å². The van der Waals surface area contributed by atoms with Crippen LogP contribution in [0.5, 0.6) is 0 Å². The van der Waals surface area contributed by atoms with E-state index in [2.05, 4.69) is 37.0 Å².